The Balaban J connectivity index is 1.76. The van der Waals surface area contributed by atoms with E-state index in [0.717, 1.165) is 29.7 Å². The smallest absolute Gasteiger partial charge is 0.207 e. The second kappa shape index (κ2) is 6.48. The van der Waals surface area contributed by atoms with Crippen LogP contribution in [0, 0.1) is 12.3 Å². The van der Waals surface area contributed by atoms with Crippen molar-refractivity contribution >= 4 is 21.0 Å². The van der Waals surface area contributed by atoms with E-state index in [9.17, 15) is 12.8 Å². The van der Waals surface area contributed by atoms with Gasteiger partial charge in [-0.05, 0) is 90.1 Å². The molecule has 2 aliphatic rings. The zero-order chi connectivity index (χ0) is 19.2. The molecule has 0 aromatic heterocycles. The lowest BCUT2D eigenvalue weighted by atomic mass is 9.96. The number of rotatable bonds is 5. The number of hydrogen-bond donors (Lipinski definition) is 0. The van der Waals surface area contributed by atoms with Gasteiger partial charge in [-0.25, -0.2) is 12.8 Å². The Morgan fingerprint density at radius 3 is 2.11 bits per heavy atom. The first-order chi connectivity index (χ1) is 12.9. The molecule has 0 atom stereocenters. The van der Waals surface area contributed by atoms with Gasteiger partial charge in [0.1, 0.15) is 5.75 Å². The molecular formula is C22H23FO3S. The summed E-state index contributed by atoms with van der Waals surface area (Å²) in [5, 5.41) is 0. The molecule has 142 valence electrons. The summed E-state index contributed by atoms with van der Waals surface area (Å²) in [6, 6.07) is 11.6. The standard InChI is InChI=1S/C22H23FO3S/c1-15-11-17(5-8-21(15)26-2)20-13-22(9-10-22)12-19(20)16-3-6-18(7-4-16)27(24,25)14-23/h3-8,11H,9-10,12-14H2,1-2H3. The summed E-state index contributed by atoms with van der Waals surface area (Å²) < 4.78 is 41.6. The monoisotopic (exact) mass is 386 g/mol. The van der Waals surface area contributed by atoms with Gasteiger partial charge in [-0.2, -0.15) is 0 Å². The third-order valence-electron chi connectivity index (χ3n) is 5.87. The first-order valence-electron chi connectivity index (χ1n) is 9.14. The third-order valence-corrected chi connectivity index (χ3v) is 7.15. The maximum Gasteiger partial charge on any atom is 0.207 e. The lowest BCUT2D eigenvalue weighted by Crippen LogP contribution is -2.02. The number of methoxy groups -OCH3 is 1. The highest BCUT2D eigenvalue weighted by Gasteiger charge is 2.48. The second-order valence-electron chi connectivity index (χ2n) is 7.74. The number of allylic oxidation sites excluding steroid dienone is 2. The van der Waals surface area contributed by atoms with Crippen molar-refractivity contribution in [2.45, 2.75) is 37.5 Å². The van der Waals surface area contributed by atoms with E-state index in [1.165, 1.54) is 41.7 Å². The van der Waals surface area contributed by atoms with E-state index >= 15 is 0 Å². The Bertz CT molecular complexity index is 1020. The SMILES string of the molecule is COc1ccc(C2=C(c3ccc(S(=O)(=O)CF)cc3)CC3(CC3)C2)cc1C. The molecule has 0 N–H and O–H groups in total. The zero-order valence-electron chi connectivity index (χ0n) is 15.6. The molecule has 0 aliphatic heterocycles. The number of halogens is 1. The first-order valence-corrected chi connectivity index (χ1v) is 10.8. The molecule has 5 heteroatoms. The number of aryl methyl sites for hydroxylation is 1. The fraction of sp³-hybridized carbons (Fsp3) is 0.364. The van der Waals surface area contributed by atoms with Crippen molar-refractivity contribution in [3.05, 3.63) is 59.2 Å². The van der Waals surface area contributed by atoms with Crippen molar-refractivity contribution in [1.29, 1.82) is 0 Å². The minimum absolute atomic E-state index is 0.0373. The van der Waals surface area contributed by atoms with Crippen LogP contribution < -0.4 is 4.74 Å². The molecule has 3 nitrogen and oxygen atoms in total. The molecule has 1 fully saturated rings. The van der Waals surface area contributed by atoms with Crippen LogP contribution in [-0.2, 0) is 9.84 Å². The Morgan fingerprint density at radius 1 is 1.00 bits per heavy atom. The van der Waals surface area contributed by atoms with Crippen molar-refractivity contribution < 1.29 is 17.5 Å². The normalized spacial score (nSPS) is 18.2. The van der Waals surface area contributed by atoms with Gasteiger partial charge in [-0.3, -0.25) is 0 Å². The average Bonchev–Trinajstić information content (AvgIpc) is 3.32. The van der Waals surface area contributed by atoms with Crippen molar-refractivity contribution in [2.24, 2.45) is 5.41 Å². The minimum Gasteiger partial charge on any atom is -0.496 e. The van der Waals surface area contributed by atoms with E-state index in [-0.39, 0.29) is 4.90 Å². The predicted molar refractivity (Wildman–Crippen MR) is 105 cm³/mol. The molecule has 0 heterocycles. The van der Waals surface area contributed by atoms with Crippen LogP contribution in [0.1, 0.15) is 42.4 Å². The van der Waals surface area contributed by atoms with Crippen molar-refractivity contribution in [2.75, 3.05) is 13.1 Å². The summed E-state index contributed by atoms with van der Waals surface area (Å²) in [4.78, 5) is 0.0373. The van der Waals surface area contributed by atoms with E-state index in [1.807, 2.05) is 25.1 Å². The Kier molecular flexibility index (Phi) is 4.38. The van der Waals surface area contributed by atoms with Gasteiger partial charge < -0.3 is 4.74 Å². The van der Waals surface area contributed by atoms with Crippen LogP contribution >= 0.6 is 0 Å². The fourth-order valence-electron chi connectivity index (χ4n) is 4.10. The van der Waals surface area contributed by atoms with Gasteiger partial charge in [-0.1, -0.05) is 18.2 Å². The molecule has 0 unspecified atom stereocenters. The molecule has 2 aromatic carbocycles. The molecule has 0 saturated heterocycles. The van der Waals surface area contributed by atoms with Gasteiger partial charge in [-0.15, -0.1) is 0 Å². The topological polar surface area (TPSA) is 43.4 Å². The third kappa shape index (κ3) is 3.29. The summed E-state index contributed by atoms with van der Waals surface area (Å²) >= 11 is 0. The van der Waals surface area contributed by atoms with Crippen LogP contribution in [0.4, 0.5) is 4.39 Å². The molecule has 4 rings (SSSR count). The summed E-state index contributed by atoms with van der Waals surface area (Å²) in [5.41, 5.74) is 6.32. The van der Waals surface area contributed by atoms with E-state index in [1.54, 1.807) is 7.11 Å². The average molecular weight is 386 g/mol. The summed E-state index contributed by atoms with van der Waals surface area (Å²) in [5.74, 6) is 0.876. The Morgan fingerprint density at radius 2 is 1.59 bits per heavy atom. The second-order valence-corrected chi connectivity index (χ2v) is 9.66. The van der Waals surface area contributed by atoms with Gasteiger partial charge in [0.15, 0.2) is 6.01 Å². The quantitative estimate of drug-likeness (QED) is 0.710. The molecule has 1 saturated carbocycles. The summed E-state index contributed by atoms with van der Waals surface area (Å²) in [6.07, 6.45) is 4.55. The van der Waals surface area contributed by atoms with E-state index in [0.29, 0.717) is 5.41 Å². The highest BCUT2D eigenvalue weighted by atomic mass is 32.2. The van der Waals surface area contributed by atoms with Crippen molar-refractivity contribution in [3.8, 4) is 5.75 Å². The summed E-state index contributed by atoms with van der Waals surface area (Å²) in [6.45, 7) is 2.04. The Labute approximate surface area is 159 Å². The van der Waals surface area contributed by atoms with Gasteiger partial charge in [0.25, 0.3) is 0 Å². The number of benzene rings is 2. The fourth-order valence-corrected chi connectivity index (χ4v) is 4.78. The number of sulfone groups is 1. The molecule has 27 heavy (non-hydrogen) atoms. The van der Waals surface area contributed by atoms with Gasteiger partial charge in [0.2, 0.25) is 9.84 Å². The van der Waals surface area contributed by atoms with Crippen molar-refractivity contribution in [3.63, 3.8) is 0 Å². The zero-order valence-corrected chi connectivity index (χ0v) is 16.4. The van der Waals surface area contributed by atoms with Crippen LogP contribution in [0.3, 0.4) is 0 Å². The first kappa shape index (κ1) is 18.2. The van der Waals surface area contributed by atoms with E-state index in [2.05, 4.69) is 12.1 Å². The van der Waals surface area contributed by atoms with Crippen LogP contribution in [0.25, 0.3) is 11.1 Å². The number of hydrogen-bond acceptors (Lipinski definition) is 3. The van der Waals surface area contributed by atoms with Gasteiger partial charge >= 0.3 is 0 Å². The Hall–Kier alpha value is -2.14. The van der Waals surface area contributed by atoms with Crippen LogP contribution in [0.2, 0.25) is 0 Å². The molecule has 2 aromatic rings. The molecule has 0 amide bonds. The molecule has 0 bridgehead atoms. The van der Waals surface area contributed by atoms with Gasteiger partial charge in [0.05, 0.1) is 12.0 Å². The predicted octanol–water partition coefficient (Wildman–Crippen LogP) is 5.19. The number of ether oxygens (including phenoxy) is 1. The largest absolute Gasteiger partial charge is 0.496 e. The van der Waals surface area contributed by atoms with E-state index in [4.69, 9.17) is 4.74 Å². The minimum atomic E-state index is -3.82. The highest BCUT2D eigenvalue weighted by molar-refractivity contribution is 7.91. The maximum atomic E-state index is 12.7. The van der Waals surface area contributed by atoms with Crippen molar-refractivity contribution in [1.82, 2.24) is 0 Å². The lowest BCUT2D eigenvalue weighted by molar-refractivity contribution is 0.411. The van der Waals surface area contributed by atoms with Crippen LogP contribution in [-0.4, -0.2) is 21.5 Å². The van der Waals surface area contributed by atoms with Crippen LogP contribution in [0.5, 0.6) is 5.75 Å². The molecule has 1 spiro atoms. The number of alkyl halides is 1. The summed E-state index contributed by atoms with van der Waals surface area (Å²) in [7, 11) is -2.15. The van der Waals surface area contributed by atoms with E-state index < -0.39 is 15.8 Å². The van der Waals surface area contributed by atoms with Crippen LogP contribution in [0.15, 0.2) is 47.4 Å². The van der Waals surface area contributed by atoms with Gasteiger partial charge in [0, 0.05) is 0 Å². The maximum absolute atomic E-state index is 12.7. The lowest BCUT2D eigenvalue weighted by Gasteiger charge is -2.12. The molecule has 2 aliphatic carbocycles. The highest BCUT2D eigenvalue weighted by Crippen LogP contribution is 2.63. The molecule has 0 radical (unpaired) electrons. The molecular weight excluding hydrogens is 363 g/mol.